The van der Waals surface area contributed by atoms with E-state index in [1.54, 1.807) is 6.07 Å². The number of rotatable bonds is 2. The van der Waals surface area contributed by atoms with Gasteiger partial charge in [-0.3, -0.25) is 0 Å². The molecule has 0 aromatic heterocycles. The molecule has 0 aromatic carbocycles. The van der Waals surface area contributed by atoms with Crippen molar-refractivity contribution in [2.45, 2.75) is 12.5 Å². The van der Waals surface area contributed by atoms with Gasteiger partial charge in [-0.2, -0.15) is 5.26 Å². The highest BCUT2D eigenvalue weighted by Crippen LogP contribution is 1.87. The molecule has 1 N–H and O–H groups in total. The summed E-state index contributed by atoms with van der Waals surface area (Å²) in [5.41, 5.74) is 0. The minimum atomic E-state index is -1.08. The molecule has 1 atom stereocenters. The Morgan fingerprint density at radius 1 is 1.86 bits per heavy atom. The van der Waals surface area contributed by atoms with Crippen LogP contribution in [0.2, 0.25) is 0 Å². The van der Waals surface area contributed by atoms with E-state index in [-0.39, 0.29) is 6.42 Å². The van der Waals surface area contributed by atoms with Crippen LogP contribution in [0, 0.1) is 11.3 Å². The highest BCUT2D eigenvalue weighted by atomic mass is 19.1. The van der Waals surface area contributed by atoms with Gasteiger partial charge in [0.2, 0.25) is 0 Å². The van der Waals surface area contributed by atoms with Gasteiger partial charge in [-0.05, 0) is 0 Å². The quantitative estimate of drug-likeness (QED) is 0.543. The molecule has 0 heterocycles. The van der Waals surface area contributed by atoms with Crippen molar-refractivity contribution in [2.75, 3.05) is 6.67 Å². The molecule has 0 bridgehead atoms. The second-order valence-corrected chi connectivity index (χ2v) is 1.17. The summed E-state index contributed by atoms with van der Waals surface area (Å²) < 4.78 is 11.2. The Hall–Kier alpha value is -0.620. The van der Waals surface area contributed by atoms with Gasteiger partial charge < -0.3 is 5.11 Å². The van der Waals surface area contributed by atoms with Gasteiger partial charge in [-0.15, -0.1) is 0 Å². The molecule has 0 aromatic rings. The average molecular weight is 103 g/mol. The Morgan fingerprint density at radius 2 is 2.43 bits per heavy atom. The van der Waals surface area contributed by atoms with Crippen LogP contribution in [-0.4, -0.2) is 17.9 Å². The maximum Gasteiger partial charge on any atom is 0.116 e. The summed E-state index contributed by atoms with van der Waals surface area (Å²) in [6.07, 6.45) is -1.19. The first-order valence-corrected chi connectivity index (χ1v) is 1.92. The fourth-order valence-corrected chi connectivity index (χ4v) is 0.160. The number of nitrogens with zero attached hydrogens (tertiary/aromatic N) is 1. The average Bonchev–Trinajstić information content (AvgIpc) is 1.68. The summed E-state index contributed by atoms with van der Waals surface area (Å²) >= 11 is 0. The Morgan fingerprint density at radius 3 is 2.57 bits per heavy atom. The maximum absolute atomic E-state index is 11.2. The number of aliphatic hydroxyl groups excluding tert-OH is 1. The summed E-state index contributed by atoms with van der Waals surface area (Å²) in [5.74, 6) is 0. The van der Waals surface area contributed by atoms with Crippen LogP contribution in [0.25, 0.3) is 0 Å². The Labute approximate surface area is 41.2 Å². The number of nitriles is 1. The monoisotopic (exact) mass is 103 g/mol. The third-order valence-corrected chi connectivity index (χ3v) is 0.505. The fourth-order valence-electron chi connectivity index (χ4n) is 0.160. The lowest BCUT2D eigenvalue weighted by molar-refractivity contribution is 0.144. The van der Waals surface area contributed by atoms with Crippen molar-refractivity contribution in [1.29, 1.82) is 5.26 Å². The van der Waals surface area contributed by atoms with Crippen molar-refractivity contribution < 1.29 is 9.50 Å². The van der Waals surface area contributed by atoms with Crippen molar-refractivity contribution in [3.63, 3.8) is 0 Å². The molecule has 0 spiro atoms. The first-order chi connectivity index (χ1) is 3.31. The van der Waals surface area contributed by atoms with Gasteiger partial charge in [-0.1, -0.05) is 0 Å². The van der Waals surface area contributed by atoms with E-state index in [0.29, 0.717) is 0 Å². The fraction of sp³-hybridized carbons (Fsp3) is 0.750. The molecule has 0 aliphatic carbocycles. The van der Waals surface area contributed by atoms with Crippen LogP contribution in [0.4, 0.5) is 4.39 Å². The minimum Gasteiger partial charge on any atom is -0.389 e. The predicted molar refractivity (Wildman–Crippen MR) is 22.2 cm³/mol. The smallest absolute Gasteiger partial charge is 0.116 e. The zero-order chi connectivity index (χ0) is 5.70. The topological polar surface area (TPSA) is 44.0 Å². The molecule has 0 aliphatic rings. The number of alkyl halides is 1. The number of halogens is 1. The van der Waals surface area contributed by atoms with Gasteiger partial charge in [0, 0.05) is 0 Å². The van der Waals surface area contributed by atoms with Gasteiger partial charge in [0.15, 0.2) is 0 Å². The van der Waals surface area contributed by atoms with E-state index in [1.807, 2.05) is 0 Å². The standard InChI is InChI=1S/C4H6FNO/c5-3-4(7)1-2-6/h4,7H,1,3H2. The molecule has 1 unspecified atom stereocenters. The van der Waals surface area contributed by atoms with Crippen LogP contribution < -0.4 is 0 Å². The largest absolute Gasteiger partial charge is 0.389 e. The highest BCUT2D eigenvalue weighted by Gasteiger charge is 1.98. The van der Waals surface area contributed by atoms with E-state index >= 15 is 0 Å². The van der Waals surface area contributed by atoms with Crippen LogP contribution in [0.15, 0.2) is 0 Å². The van der Waals surface area contributed by atoms with Gasteiger partial charge >= 0.3 is 0 Å². The van der Waals surface area contributed by atoms with Gasteiger partial charge in [0.25, 0.3) is 0 Å². The van der Waals surface area contributed by atoms with E-state index in [2.05, 4.69) is 0 Å². The Balaban J connectivity index is 3.03. The molecule has 40 valence electrons. The van der Waals surface area contributed by atoms with E-state index in [4.69, 9.17) is 10.4 Å². The molecule has 0 saturated heterocycles. The van der Waals surface area contributed by atoms with Crippen LogP contribution in [-0.2, 0) is 0 Å². The Kier molecular flexibility index (Phi) is 3.25. The molecule has 0 radical (unpaired) electrons. The zero-order valence-electron chi connectivity index (χ0n) is 3.76. The van der Waals surface area contributed by atoms with E-state index in [0.717, 1.165) is 0 Å². The molecule has 0 fully saturated rings. The summed E-state index contributed by atoms with van der Waals surface area (Å²) in [7, 11) is 0. The van der Waals surface area contributed by atoms with Gasteiger partial charge in [0.1, 0.15) is 6.67 Å². The van der Waals surface area contributed by atoms with Crippen molar-refractivity contribution in [3.05, 3.63) is 0 Å². The second kappa shape index (κ2) is 3.57. The summed E-state index contributed by atoms with van der Waals surface area (Å²) in [6.45, 7) is -0.826. The Bertz CT molecular complexity index is 78.2. The highest BCUT2D eigenvalue weighted by molar-refractivity contribution is 4.73. The molecular weight excluding hydrogens is 97.0 g/mol. The number of hydrogen-bond donors (Lipinski definition) is 1. The lowest BCUT2D eigenvalue weighted by atomic mass is 10.3. The minimum absolute atomic E-state index is 0.115. The first-order valence-electron chi connectivity index (χ1n) is 1.92. The van der Waals surface area contributed by atoms with E-state index < -0.39 is 12.8 Å². The maximum atomic E-state index is 11.2. The van der Waals surface area contributed by atoms with Gasteiger partial charge in [0.05, 0.1) is 18.6 Å². The summed E-state index contributed by atoms with van der Waals surface area (Å²) in [5, 5.41) is 16.1. The normalized spacial score (nSPS) is 12.7. The van der Waals surface area contributed by atoms with E-state index in [9.17, 15) is 4.39 Å². The zero-order valence-corrected chi connectivity index (χ0v) is 3.76. The van der Waals surface area contributed by atoms with Crippen molar-refractivity contribution in [1.82, 2.24) is 0 Å². The molecule has 2 nitrogen and oxygen atoms in total. The molecule has 0 aliphatic heterocycles. The lowest BCUT2D eigenvalue weighted by Crippen LogP contribution is -2.06. The second-order valence-electron chi connectivity index (χ2n) is 1.17. The third-order valence-electron chi connectivity index (χ3n) is 0.505. The molecule has 0 saturated carbocycles. The molecule has 3 heteroatoms. The van der Waals surface area contributed by atoms with Crippen LogP contribution >= 0.6 is 0 Å². The molecular formula is C4H6FNO. The molecule has 7 heavy (non-hydrogen) atoms. The molecule has 0 rings (SSSR count). The first kappa shape index (κ1) is 6.38. The summed E-state index contributed by atoms with van der Waals surface area (Å²) in [6, 6.07) is 1.63. The number of hydrogen-bond acceptors (Lipinski definition) is 2. The van der Waals surface area contributed by atoms with Gasteiger partial charge in [-0.25, -0.2) is 4.39 Å². The van der Waals surface area contributed by atoms with Crippen molar-refractivity contribution >= 4 is 0 Å². The molecule has 0 amide bonds. The van der Waals surface area contributed by atoms with Crippen LogP contribution in [0.5, 0.6) is 0 Å². The van der Waals surface area contributed by atoms with E-state index in [1.165, 1.54) is 0 Å². The SMILES string of the molecule is N#CCC(O)CF. The van der Waals surface area contributed by atoms with Crippen molar-refractivity contribution in [2.24, 2.45) is 0 Å². The van der Waals surface area contributed by atoms with Crippen molar-refractivity contribution in [3.8, 4) is 6.07 Å². The lowest BCUT2D eigenvalue weighted by Gasteiger charge is -1.93. The van der Waals surface area contributed by atoms with Crippen LogP contribution in [0.3, 0.4) is 0 Å². The number of aliphatic hydroxyl groups is 1. The van der Waals surface area contributed by atoms with Crippen LogP contribution in [0.1, 0.15) is 6.42 Å². The third kappa shape index (κ3) is 3.20. The summed E-state index contributed by atoms with van der Waals surface area (Å²) in [4.78, 5) is 0. The predicted octanol–water partition coefficient (Wildman–Crippen LogP) is 0.230.